The average Bonchev–Trinajstić information content (AvgIpc) is 2.72. The van der Waals surface area contributed by atoms with Crippen molar-refractivity contribution in [1.82, 2.24) is 9.21 Å². The van der Waals surface area contributed by atoms with Crippen molar-refractivity contribution in [3.8, 4) is 0 Å². The molecule has 0 spiro atoms. The van der Waals surface area contributed by atoms with Gasteiger partial charge < -0.3 is 4.90 Å². The minimum Gasteiger partial charge on any atom is -0.338 e. The lowest BCUT2D eigenvalue weighted by atomic mass is 10.1. The fraction of sp³-hybridized carbons (Fsp3) is 0.435. The van der Waals surface area contributed by atoms with Crippen molar-refractivity contribution in [3.63, 3.8) is 0 Å². The van der Waals surface area contributed by atoms with Crippen molar-refractivity contribution in [1.29, 1.82) is 0 Å². The van der Waals surface area contributed by atoms with Crippen LogP contribution in [0, 0.1) is 27.7 Å². The quantitative estimate of drug-likeness (QED) is 0.615. The smallest absolute Gasteiger partial charge is 0.243 e. The lowest BCUT2D eigenvalue weighted by Crippen LogP contribution is -2.53. The molecule has 0 unspecified atom stereocenters. The fourth-order valence-electron chi connectivity index (χ4n) is 4.19. The Morgan fingerprint density at radius 2 is 1.36 bits per heavy atom. The molecule has 1 aliphatic heterocycles. The Morgan fingerprint density at radius 1 is 0.848 bits per heavy atom. The van der Waals surface area contributed by atoms with Gasteiger partial charge in [0, 0.05) is 26.2 Å². The van der Waals surface area contributed by atoms with Gasteiger partial charge in [-0.15, -0.1) is 0 Å². The number of amides is 1. The monoisotopic (exact) mass is 493 g/mol. The van der Waals surface area contributed by atoms with E-state index in [1.165, 1.54) is 9.21 Å². The molecular weight excluding hydrogens is 462 g/mol. The van der Waals surface area contributed by atoms with E-state index in [-0.39, 0.29) is 43.5 Å². The summed E-state index contributed by atoms with van der Waals surface area (Å²) in [5.41, 5.74) is 4.05. The van der Waals surface area contributed by atoms with Crippen molar-refractivity contribution >= 4 is 31.6 Å². The third-order valence-electron chi connectivity index (χ3n) is 5.81. The van der Waals surface area contributed by atoms with Crippen LogP contribution in [0.1, 0.15) is 22.3 Å². The van der Waals surface area contributed by atoms with Crippen LogP contribution >= 0.6 is 0 Å². The van der Waals surface area contributed by atoms with Gasteiger partial charge in [0.15, 0.2) is 0 Å². The molecule has 8 nitrogen and oxygen atoms in total. The highest BCUT2D eigenvalue weighted by Crippen LogP contribution is 2.28. The van der Waals surface area contributed by atoms with Crippen molar-refractivity contribution < 1.29 is 21.6 Å². The molecule has 33 heavy (non-hydrogen) atoms. The maximum absolute atomic E-state index is 13.0. The van der Waals surface area contributed by atoms with Crippen LogP contribution in [0.15, 0.2) is 41.3 Å². The highest BCUT2D eigenvalue weighted by molar-refractivity contribution is 7.92. The zero-order chi connectivity index (χ0) is 24.6. The van der Waals surface area contributed by atoms with Gasteiger partial charge in [-0.05, 0) is 51.0 Å². The SMILES string of the molecule is Cc1ccc(S(=O)(=O)N2CCN(C(=O)CN(c3c(C)cc(C)cc3C)S(C)(=O)=O)CC2)cc1. The maximum Gasteiger partial charge on any atom is 0.243 e. The van der Waals surface area contributed by atoms with E-state index in [0.29, 0.717) is 5.69 Å². The van der Waals surface area contributed by atoms with E-state index in [0.717, 1.165) is 32.8 Å². The largest absolute Gasteiger partial charge is 0.338 e. The number of sulfonamides is 2. The maximum atomic E-state index is 13.0. The Balaban J connectivity index is 1.74. The molecule has 0 bridgehead atoms. The molecular formula is C23H31N3O5S2. The van der Waals surface area contributed by atoms with E-state index in [2.05, 4.69) is 0 Å². The number of aryl methyl sites for hydroxylation is 4. The molecule has 0 aromatic heterocycles. The number of carbonyl (C=O) groups excluding carboxylic acids is 1. The summed E-state index contributed by atoms with van der Waals surface area (Å²) in [7, 11) is -7.35. The molecule has 0 saturated carbocycles. The van der Waals surface area contributed by atoms with Gasteiger partial charge in [0.1, 0.15) is 6.54 Å². The van der Waals surface area contributed by atoms with E-state index in [1.807, 2.05) is 39.8 Å². The van der Waals surface area contributed by atoms with Gasteiger partial charge in [-0.25, -0.2) is 16.8 Å². The van der Waals surface area contributed by atoms with Crippen LogP contribution < -0.4 is 4.31 Å². The number of piperazine rings is 1. The summed E-state index contributed by atoms with van der Waals surface area (Å²) >= 11 is 0. The number of hydrogen-bond acceptors (Lipinski definition) is 5. The minimum atomic E-state index is -3.70. The Morgan fingerprint density at radius 3 is 1.85 bits per heavy atom. The van der Waals surface area contributed by atoms with Gasteiger partial charge >= 0.3 is 0 Å². The van der Waals surface area contributed by atoms with Gasteiger partial charge in [-0.2, -0.15) is 4.31 Å². The van der Waals surface area contributed by atoms with Crippen LogP contribution in [0.5, 0.6) is 0 Å². The molecule has 2 aromatic rings. The molecule has 0 aliphatic carbocycles. The highest BCUT2D eigenvalue weighted by Gasteiger charge is 2.32. The molecule has 0 radical (unpaired) electrons. The van der Waals surface area contributed by atoms with Crippen LogP contribution in [0.3, 0.4) is 0 Å². The van der Waals surface area contributed by atoms with Gasteiger partial charge in [-0.1, -0.05) is 35.4 Å². The Kier molecular flexibility index (Phi) is 7.21. The number of hydrogen-bond donors (Lipinski definition) is 0. The lowest BCUT2D eigenvalue weighted by molar-refractivity contribution is -0.130. The predicted octanol–water partition coefficient (Wildman–Crippen LogP) is 2.22. The Hall–Kier alpha value is -2.43. The molecule has 0 N–H and O–H groups in total. The summed E-state index contributed by atoms with van der Waals surface area (Å²) in [5, 5.41) is 0. The van der Waals surface area contributed by atoms with Gasteiger partial charge in [0.2, 0.25) is 26.0 Å². The zero-order valence-corrected chi connectivity index (χ0v) is 21.3. The van der Waals surface area contributed by atoms with Gasteiger partial charge in [0.05, 0.1) is 16.8 Å². The summed E-state index contributed by atoms with van der Waals surface area (Å²) in [5.74, 6) is -0.354. The molecule has 1 saturated heterocycles. The molecule has 2 aromatic carbocycles. The topological polar surface area (TPSA) is 95.1 Å². The summed E-state index contributed by atoms with van der Waals surface area (Å²) in [6.45, 7) is 7.87. The fourth-order valence-corrected chi connectivity index (χ4v) is 6.57. The summed E-state index contributed by atoms with van der Waals surface area (Å²) in [6, 6.07) is 10.4. The molecule has 10 heteroatoms. The Labute approximate surface area is 196 Å². The summed E-state index contributed by atoms with van der Waals surface area (Å²) in [6.07, 6.45) is 1.09. The first-order valence-electron chi connectivity index (χ1n) is 10.7. The normalized spacial score (nSPS) is 15.5. The van der Waals surface area contributed by atoms with E-state index >= 15 is 0 Å². The standard InChI is InChI=1S/C23H31N3O5S2/c1-17-6-8-21(9-7-17)33(30,31)25-12-10-24(11-13-25)22(27)16-26(32(5,28)29)23-19(3)14-18(2)15-20(23)4/h6-9,14-15H,10-13,16H2,1-5H3. The van der Waals surface area contributed by atoms with E-state index in [1.54, 1.807) is 24.3 Å². The second-order valence-electron chi connectivity index (χ2n) is 8.61. The molecule has 1 heterocycles. The van der Waals surface area contributed by atoms with Crippen molar-refractivity contribution in [2.24, 2.45) is 0 Å². The van der Waals surface area contributed by atoms with Crippen LogP contribution in [0.2, 0.25) is 0 Å². The lowest BCUT2D eigenvalue weighted by Gasteiger charge is -2.35. The van der Waals surface area contributed by atoms with E-state index in [9.17, 15) is 21.6 Å². The molecule has 3 rings (SSSR count). The number of carbonyl (C=O) groups is 1. The Bertz CT molecular complexity index is 1220. The third-order valence-corrected chi connectivity index (χ3v) is 8.84. The van der Waals surface area contributed by atoms with E-state index in [4.69, 9.17) is 0 Å². The average molecular weight is 494 g/mol. The van der Waals surface area contributed by atoms with Crippen LogP contribution in [0.25, 0.3) is 0 Å². The van der Waals surface area contributed by atoms with Crippen LogP contribution in [0.4, 0.5) is 5.69 Å². The first-order chi connectivity index (χ1) is 15.3. The molecule has 1 aliphatic rings. The van der Waals surface area contributed by atoms with Crippen molar-refractivity contribution in [3.05, 3.63) is 58.7 Å². The number of anilines is 1. The number of nitrogens with zero attached hydrogens (tertiary/aromatic N) is 3. The molecule has 180 valence electrons. The van der Waals surface area contributed by atoms with Crippen LogP contribution in [-0.4, -0.2) is 70.9 Å². The third kappa shape index (κ3) is 5.56. The molecule has 1 amide bonds. The van der Waals surface area contributed by atoms with Crippen molar-refractivity contribution in [2.75, 3.05) is 43.3 Å². The first-order valence-corrected chi connectivity index (χ1v) is 14.0. The van der Waals surface area contributed by atoms with Crippen LogP contribution in [-0.2, 0) is 24.8 Å². The second-order valence-corrected chi connectivity index (χ2v) is 12.5. The second kappa shape index (κ2) is 9.44. The summed E-state index contributed by atoms with van der Waals surface area (Å²) in [4.78, 5) is 14.8. The number of rotatable bonds is 6. The van der Waals surface area contributed by atoms with Crippen molar-refractivity contribution in [2.45, 2.75) is 32.6 Å². The molecule has 1 fully saturated rings. The number of benzene rings is 2. The molecule has 0 atom stereocenters. The zero-order valence-electron chi connectivity index (χ0n) is 19.7. The van der Waals surface area contributed by atoms with E-state index < -0.39 is 20.0 Å². The van der Waals surface area contributed by atoms with Gasteiger partial charge in [-0.3, -0.25) is 9.10 Å². The minimum absolute atomic E-state index is 0.156. The summed E-state index contributed by atoms with van der Waals surface area (Å²) < 4.78 is 53.5. The van der Waals surface area contributed by atoms with Gasteiger partial charge in [0.25, 0.3) is 0 Å². The predicted molar refractivity (Wildman–Crippen MR) is 129 cm³/mol. The highest BCUT2D eigenvalue weighted by atomic mass is 32.2. The first kappa shape index (κ1) is 25.2.